The van der Waals surface area contributed by atoms with E-state index in [2.05, 4.69) is 62.8 Å². The Morgan fingerprint density at radius 1 is 0.260 bits per heavy atom. The lowest BCUT2D eigenvalue weighted by Gasteiger charge is -2.36. The molecule has 0 aromatic rings. The van der Waals surface area contributed by atoms with E-state index in [1.165, 1.54) is 357 Å². The predicted octanol–water partition coefficient (Wildman–Crippen LogP) is 21.8. The lowest BCUT2D eigenvalue weighted by atomic mass is 10.0. The standard InChI is InChI=1S/2C26H56N.C15H33O3P/c2*1-5-7-9-11-13-15-17-19-21-23-25-27(3,4)26-24-22-20-18-16-14-12-10-8-6-2;1-3-4-5-6-7-8-9-10-11-12-13-14-15(2)19(16,17)18/h2*5-26H2,1-4H3;15H,3-14H2,1-2H3,(H2,16,17,18)/q2*+1;/p-2. The molecule has 0 aliphatic rings. The Morgan fingerprint density at radius 2 is 0.397 bits per heavy atom. The minimum Gasteiger partial charge on any atom is -0.811 e. The summed E-state index contributed by atoms with van der Waals surface area (Å²) in [6.07, 6.45) is 72.2. The van der Waals surface area contributed by atoms with Gasteiger partial charge in [0.1, 0.15) is 0 Å². The Morgan fingerprint density at radius 3 is 0.548 bits per heavy atom. The smallest absolute Gasteiger partial charge is 0.0782 e. The summed E-state index contributed by atoms with van der Waals surface area (Å²) < 4.78 is 13.2. The van der Waals surface area contributed by atoms with Gasteiger partial charge in [0.2, 0.25) is 0 Å². The second-order valence-corrected chi connectivity index (χ2v) is 27.2. The monoisotopic (exact) mass is 1060 g/mol. The molecule has 0 heterocycles. The second-order valence-electron chi connectivity index (χ2n) is 25.2. The maximum atomic E-state index is 10.7. The van der Waals surface area contributed by atoms with E-state index >= 15 is 0 Å². The minimum absolute atomic E-state index is 0.529. The fourth-order valence-corrected chi connectivity index (χ4v) is 11.1. The molecule has 0 aliphatic carbocycles. The molecule has 0 aromatic heterocycles. The molecule has 0 aliphatic heterocycles. The molecule has 0 saturated heterocycles. The molecule has 0 N–H and O–H groups in total. The van der Waals surface area contributed by atoms with E-state index in [0.29, 0.717) is 6.42 Å². The van der Waals surface area contributed by atoms with Gasteiger partial charge in [-0.05, 0) is 63.4 Å². The van der Waals surface area contributed by atoms with Crippen molar-refractivity contribution in [1.29, 1.82) is 0 Å². The Bertz CT molecular complexity index is 938. The van der Waals surface area contributed by atoms with Crippen molar-refractivity contribution in [2.24, 2.45) is 0 Å². The Balaban J connectivity index is -0.00000102. The number of hydrogen-bond donors (Lipinski definition) is 0. The van der Waals surface area contributed by atoms with Crippen LogP contribution in [0.25, 0.3) is 0 Å². The molecule has 0 rings (SSSR count). The lowest BCUT2D eigenvalue weighted by Crippen LogP contribution is -2.41. The number of unbranched alkanes of at least 4 members (excludes halogenated alkanes) is 46. The minimum atomic E-state index is -4.34. The highest BCUT2D eigenvalue weighted by molar-refractivity contribution is 7.49. The molecule has 0 aromatic carbocycles. The number of quaternary nitrogens is 2. The van der Waals surface area contributed by atoms with Crippen LogP contribution in [0.1, 0.15) is 375 Å². The number of rotatable bonds is 57. The first-order valence-electron chi connectivity index (χ1n) is 33.9. The molecule has 1 atom stereocenters. The van der Waals surface area contributed by atoms with Crippen LogP contribution in [0.5, 0.6) is 0 Å². The largest absolute Gasteiger partial charge is 0.811 e. The molecule has 0 bridgehead atoms. The van der Waals surface area contributed by atoms with Gasteiger partial charge in [0.15, 0.2) is 0 Å². The van der Waals surface area contributed by atoms with E-state index in [4.69, 9.17) is 0 Å². The summed E-state index contributed by atoms with van der Waals surface area (Å²) in [5.74, 6) is 0. The van der Waals surface area contributed by atoms with Gasteiger partial charge in [0, 0.05) is 0 Å². The van der Waals surface area contributed by atoms with Crippen molar-refractivity contribution in [1.82, 2.24) is 0 Å². The topological polar surface area (TPSA) is 63.2 Å². The summed E-state index contributed by atoms with van der Waals surface area (Å²) in [5, 5.41) is 0. The van der Waals surface area contributed by atoms with Crippen molar-refractivity contribution in [3.8, 4) is 0 Å². The summed E-state index contributed by atoms with van der Waals surface area (Å²) in [5.41, 5.74) is -0.689. The maximum absolute atomic E-state index is 10.7. The van der Waals surface area contributed by atoms with E-state index in [1.54, 1.807) is 0 Å². The third kappa shape index (κ3) is 70.1. The summed E-state index contributed by atoms with van der Waals surface area (Å²) >= 11 is 0. The van der Waals surface area contributed by atoms with E-state index < -0.39 is 13.3 Å². The Labute approximate surface area is 464 Å². The van der Waals surface area contributed by atoms with Crippen LogP contribution < -0.4 is 9.79 Å². The third-order valence-electron chi connectivity index (χ3n) is 16.2. The van der Waals surface area contributed by atoms with Gasteiger partial charge in [0.25, 0.3) is 0 Å². The molecule has 0 fully saturated rings. The van der Waals surface area contributed by atoms with Gasteiger partial charge >= 0.3 is 0 Å². The van der Waals surface area contributed by atoms with Gasteiger partial charge in [-0.1, -0.05) is 325 Å². The van der Waals surface area contributed by atoms with Crippen molar-refractivity contribution in [2.75, 3.05) is 54.4 Å². The maximum Gasteiger partial charge on any atom is 0.0782 e. The summed E-state index contributed by atoms with van der Waals surface area (Å²) in [7, 11) is 5.45. The lowest BCUT2D eigenvalue weighted by molar-refractivity contribution is -0.890. The first-order valence-corrected chi connectivity index (χ1v) is 35.5. The highest BCUT2D eigenvalue weighted by Gasteiger charge is 2.15. The zero-order valence-corrected chi connectivity index (χ0v) is 53.6. The van der Waals surface area contributed by atoms with Crippen LogP contribution in [-0.2, 0) is 4.57 Å². The van der Waals surface area contributed by atoms with Gasteiger partial charge < -0.3 is 23.3 Å². The number of nitrogens with zero attached hydrogens (tertiary/aromatic N) is 2. The molecule has 1 unspecified atom stereocenters. The Hall–Kier alpha value is 0.0700. The molecule has 0 spiro atoms. The molecule has 6 heteroatoms. The highest BCUT2D eigenvalue weighted by Crippen LogP contribution is 2.34. The van der Waals surface area contributed by atoms with Crippen molar-refractivity contribution in [3.05, 3.63) is 0 Å². The van der Waals surface area contributed by atoms with Crippen LogP contribution in [0.2, 0.25) is 0 Å². The normalized spacial score (nSPS) is 12.4. The molecule has 444 valence electrons. The van der Waals surface area contributed by atoms with Gasteiger partial charge in [-0.3, -0.25) is 0 Å². The summed E-state index contributed by atoms with van der Waals surface area (Å²) in [6, 6.07) is 0. The van der Waals surface area contributed by atoms with Gasteiger partial charge in [0.05, 0.1) is 54.4 Å². The van der Waals surface area contributed by atoms with Crippen molar-refractivity contribution in [3.63, 3.8) is 0 Å². The Kier molecular flexibility index (Phi) is 64.9. The zero-order chi connectivity index (χ0) is 54.7. The van der Waals surface area contributed by atoms with E-state index in [-0.39, 0.29) is 0 Å². The molecular weight excluding hydrogens is 912 g/mol. The highest BCUT2D eigenvalue weighted by atomic mass is 31.2. The average Bonchev–Trinajstić information content (AvgIpc) is 3.35. The second kappa shape index (κ2) is 61.3. The predicted molar refractivity (Wildman–Crippen MR) is 329 cm³/mol. The summed E-state index contributed by atoms with van der Waals surface area (Å²) in [6.45, 7) is 18.5. The van der Waals surface area contributed by atoms with Crippen LogP contribution in [0.3, 0.4) is 0 Å². The molecule has 5 nitrogen and oxygen atoms in total. The van der Waals surface area contributed by atoms with Crippen LogP contribution in [0.15, 0.2) is 0 Å². The van der Waals surface area contributed by atoms with Gasteiger partial charge in [-0.25, -0.2) is 0 Å². The average molecular weight is 1060 g/mol. The first-order chi connectivity index (χ1) is 35.2. The molecule has 0 saturated carbocycles. The fraction of sp³-hybridized carbons (Fsp3) is 1.00. The van der Waals surface area contributed by atoms with E-state index in [0.717, 1.165) is 12.8 Å². The van der Waals surface area contributed by atoms with Gasteiger partial charge in [-0.15, -0.1) is 0 Å². The SMILES string of the molecule is CCCCCCCCCCCCCC(C)P(=O)([O-])[O-].CCCCCCCCCCCC[N+](C)(C)CCCCCCCCCCCC.CCCCCCCCCCCC[N+](C)(C)CCCCCCCCCCCC. The van der Waals surface area contributed by atoms with Crippen LogP contribution in [0.4, 0.5) is 0 Å². The van der Waals surface area contributed by atoms with Crippen molar-refractivity contribution >= 4 is 7.60 Å². The van der Waals surface area contributed by atoms with E-state index in [9.17, 15) is 14.4 Å². The third-order valence-corrected chi connectivity index (χ3v) is 17.6. The van der Waals surface area contributed by atoms with Crippen LogP contribution in [0, 0.1) is 0 Å². The van der Waals surface area contributed by atoms with Crippen molar-refractivity contribution in [2.45, 2.75) is 381 Å². The molecular formula is C67H143N2O3P. The fourth-order valence-electron chi connectivity index (χ4n) is 10.6. The van der Waals surface area contributed by atoms with Crippen molar-refractivity contribution < 1.29 is 23.3 Å². The number of hydrogen-bond acceptors (Lipinski definition) is 3. The zero-order valence-electron chi connectivity index (χ0n) is 52.7. The summed E-state index contributed by atoms with van der Waals surface area (Å²) in [4.78, 5) is 21.4. The van der Waals surface area contributed by atoms with Gasteiger partial charge in [-0.2, -0.15) is 0 Å². The molecule has 0 amide bonds. The first kappa shape index (κ1) is 77.3. The molecule has 0 radical (unpaired) electrons. The van der Waals surface area contributed by atoms with Crippen LogP contribution in [-0.4, -0.2) is 69.0 Å². The van der Waals surface area contributed by atoms with E-state index in [1.807, 2.05) is 0 Å². The van der Waals surface area contributed by atoms with Crippen LogP contribution >= 0.6 is 7.60 Å². The quantitative estimate of drug-likeness (QED) is 0.0346. The molecule has 73 heavy (non-hydrogen) atoms.